The zero-order chi connectivity index (χ0) is 51.0. The third-order valence-electron chi connectivity index (χ3n) is 11.3. The van der Waals surface area contributed by atoms with Gasteiger partial charge in [-0.25, -0.2) is 70.2 Å². The molecule has 0 aliphatic rings. The van der Waals surface area contributed by atoms with Crippen LogP contribution in [0.2, 0.25) is 78.6 Å². The molecule has 66 heavy (non-hydrogen) atoms. The third-order valence-corrected chi connectivity index (χ3v) is 19.0. The van der Waals surface area contributed by atoms with Crippen LogP contribution in [0, 0.1) is 93.1 Å². The summed E-state index contributed by atoms with van der Waals surface area (Å²) in [7, 11) is -10.7. The van der Waals surface area contributed by atoms with Crippen LogP contribution in [0.15, 0.2) is 30.3 Å². The minimum atomic E-state index is -6.65. The topological polar surface area (TPSA) is 4.44 Å². The largest absolute Gasteiger partial charge is 0.307 e. The molecule has 0 saturated carbocycles. The lowest BCUT2D eigenvalue weighted by atomic mass is 9.12. The van der Waals surface area contributed by atoms with Crippen molar-refractivity contribution < 1.29 is 75.1 Å². The van der Waals surface area contributed by atoms with Crippen LogP contribution in [0.5, 0.6) is 0 Å². The Morgan fingerprint density at radius 1 is 0.288 bits per heavy atom. The zero-order valence-electron chi connectivity index (χ0n) is 38.5. The molecule has 360 valence electrons. The van der Waals surface area contributed by atoms with E-state index in [2.05, 4.69) is 38.4 Å². The molecule has 0 atom stereocenters. The van der Waals surface area contributed by atoms with E-state index in [1.165, 1.54) is 10.6 Å². The third kappa shape index (κ3) is 9.00. The molecule has 0 fully saturated rings. The van der Waals surface area contributed by atoms with Crippen LogP contribution in [0.25, 0.3) is 0 Å². The van der Waals surface area contributed by atoms with Crippen molar-refractivity contribution in [3.63, 3.8) is 0 Å². The maximum atomic E-state index is 17.0. The van der Waals surface area contributed by atoms with E-state index in [4.69, 9.17) is 0 Å². The fourth-order valence-electron chi connectivity index (χ4n) is 8.39. The number of rotatable bonds is 9. The summed E-state index contributed by atoms with van der Waals surface area (Å²) in [6.07, 6.45) is -6.65. The monoisotopic (exact) mass is 1020 g/mol. The number of hydrogen-bond donors (Lipinski definition) is 1. The van der Waals surface area contributed by atoms with Crippen LogP contribution in [0.1, 0.15) is 0 Å². The Morgan fingerprint density at radius 2 is 0.455 bits per heavy atom. The van der Waals surface area contributed by atoms with Gasteiger partial charge in [0.25, 0.3) is 0 Å². The van der Waals surface area contributed by atoms with Crippen molar-refractivity contribution in [2.45, 2.75) is 78.6 Å². The van der Waals surface area contributed by atoms with Crippen LogP contribution in [0.4, 0.5) is 75.9 Å². The van der Waals surface area contributed by atoms with Gasteiger partial charge in [0.1, 0.15) is 58.4 Å². The lowest BCUT2D eigenvalue weighted by Gasteiger charge is -2.46. The van der Waals surface area contributed by atoms with E-state index in [9.17, 15) is 0 Å². The van der Waals surface area contributed by atoms with Crippen molar-refractivity contribution >= 4 is 86.7 Å². The summed E-state index contributed by atoms with van der Waals surface area (Å²) in [5.41, 5.74) is -10.3. The zero-order valence-corrected chi connectivity index (χ0v) is 42.5. The Labute approximate surface area is 376 Å². The molecular weight excluding hydrogens is 970 g/mol. The molecule has 0 unspecified atom stereocenters. The maximum absolute atomic E-state index is 17.0. The highest BCUT2D eigenvalue weighted by Gasteiger charge is 2.53. The van der Waals surface area contributed by atoms with E-state index in [-0.39, 0.29) is 0 Å². The lowest BCUT2D eigenvalue weighted by molar-refractivity contribution is -0.786. The predicted octanol–water partition coefficient (Wildman–Crippen LogP) is 7.93. The smallest absolute Gasteiger partial charge is 0.157 e. The van der Waals surface area contributed by atoms with Crippen molar-refractivity contribution in [2.75, 3.05) is 14.1 Å². The highest BCUT2D eigenvalue weighted by molar-refractivity contribution is 7.20. The predicted molar refractivity (Wildman–Crippen MR) is 240 cm³/mol. The summed E-state index contributed by atoms with van der Waals surface area (Å²) in [6, 6.07) is 10.4. The number of hydrogen-bond acceptors (Lipinski definition) is 0. The SMILES string of the molecule is C[NH+](C)c1ccccc1.C[Si](C)(C)c1c(F)c(F)c([B-](c2c(F)c(F)c([Si](C)(C)C)c(F)c2F)(c2c(F)c(F)c([Si](C)(C)C)c(F)c2F)c2c(F)c(F)c([Si](C)(C)C)c(F)c2F)c(F)c1F. The molecule has 0 radical (unpaired) electrons. The summed E-state index contributed by atoms with van der Waals surface area (Å²) in [5.74, 6) is -44.3. The fraction of sp³-hybridized carbons (Fsp3) is 0.318. The molecule has 0 aliphatic heterocycles. The maximum Gasteiger partial charge on any atom is 0.157 e. The van der Waals surface area contributed by atoms with E-state index < -0.39 is 174 Å². The first-order chi connectivity index (χ1) is 29.9. The average Bonchev–Trinajstić information content (AvgIpc) is 3.16. The van der Waals surface area contributed by atoms with Gasteiger partial charge < -0.3 is 4.90 Å². The Bertz CT molecular complexity index is 2290. The quantitative estimate of drug-likeness (QED) is 0.0871. The Morgan fingerprint density at radius 3 is 0.576 bits per heavy atom. The second-order valence-electron chi connectivity index (χ2n) is 20.4. The van der Waals surface area contributed by atoms with Gasteiger partial charge in [-0.3, -0.25) is 0 Å². The molecule has 0 saturated heterocycles. The van der Waals surface area contributed by atoms with Gasteiger partial charge in [0.15, 0.2) is 46.5 Å². The lowest BCUT2D eigenvalue weighted by Crippen LogP contribution is -3.00. The first kappa shape index (κ1) is 54.5. The molecule has 0 bridgehead atoms. The van der Waals surface area contributed by atoms with Gasteiger partial charge in [0, 0.05) is 20.7 Å². The molecular formula is C44H48BF16NSi4. The van der Waals surface area contributed by atoms with Crippen LogP contribution in [-0.4, -0.2) is 52.5 Å². The second kappa shape index (κ2) is 18.4. The van der Waals surface area contributed by atoms with Crippen molar-refractivity contribution in [1.29, 1.82) is 0 Å². The number of quaternary nitrogens is 1. The second-order valence-corrected chi connectivity index (χ2v) is 40.4. The normalized spacial score (nSPS) is 12.8. The highest BCUT2D eigenvalue weighted by Crippen LogP contribution is 2.29. The molecule has 22 heteroatoms. The van der Waals surface area contributed by atoms with Gasteiger partial charge in [0.2, 0.25) is 0 Å². The van der Waals surface area contributed by atoms with Crippen molar-refractivity contribution in [3.05, 3.63) is 123 Å². The van der Waals surface area contributed by atoms with Crippen molar-refractivity contribution in [3.8, 4) is 0 Å². The first-order valence-corrected chi connectivity index (χ1v) is 34.3. The first-order valence-electron chi connectivity index (χ1n) is 20.3. The van der Waals surface area contributed by atoms with Gasteiger partial charge in [-0.15, -0.1) is 21.9 Å². The van der Waals surface area contributed by atoms with E-state index in [0.29, 0.717) is 0 Å². The summed E-state index contributed by atoms with van der Waals surface area (Å²) in [4.78, 5) is 1.37. The van der Waals surface area contributed by atoms with Crippen LogP contribution in [-0.2, 0) is 0 Å². The van der Waals surface area contributed by atoms with Crippen molar-refractivity contribution in [2.24, 2.45) is 0 Å². The molecule has 5 aromatic carbocycles. The Hall–Kier alpha value is -4.13. The van der Waals surface area contributed by atoms with E-state index in [0.717, 1.165) is 78.6 Å². The van der Waals surface area contributed by atoms with E-state index >= 15 is 70.2 Å². The van der Waals surface area contributed by atoms with Crippen molar-refractivity contribution in [1.82, 2.24) is 0 Å². The number of benzene rings is 5. The molecule has 5 aromatic rings. The van der Waals surface area contributed by atoms with Gasteiger partial charge in [-0.05, 0) is 12.1 Å². The molecule has 0 spiro atoms. The minimum absolute atomic E-state index is 1.09. The van der Waals surface area contributed by atoms with Crippen LogP contribution >= 0.6 is 0 Å². The summed E-state index contributed by atoms with van der Waals surface area (Å²) in [5, 5.41) is -5.73. The summed E-state index contributed by atoms with van der Waals surface area (Å²) >= 11 is 0. The standard InChI is InChI=1S/C36H36BF16Si4.C8H11N/c1-54(2,3)33-25(46)17(38)13(18(39)26(33)47)37(14-19(40)27(48)34(55(4,5)6)28(49)20(14)41,15-21(42)29(50)35(56(7,8)9)30(51)22(15)43)16-23(44)31(52)36(57(10,11)12)32(53)24(16)45;1-9(2)8-6-4-3-5-7-8/h1-12H3;3-7H,1-2H3/q-1;/p+1. The Kier molecular flexibility index (Phi) is 15.2. The number of nitrogens with one attached hydrogen (secondary N) is 1. The minimum Gasteiger partial charge on any atom is -0.307 e. The van der Waals surface area contributed by atoms with Crippen LogP contribution < -0.4 is 47.5 Å². The number of halogens is 16. The van der Waals surface area contributed by atoms with E-state index in [1.807, 2.05) is 6.07 Å². The highest BCUT2D eigenvalue weighted by atomic mass is 28.3. The molecule has 5 rings (SSSR count). The van der Waals surface area contributed by atoms with Crippen LogP contribution in [0.3, 0.4) is 0 Å². The van der Waals surface area contributed by atoms with E-state index in [1.54, 1.807) is 0 Å². The fourth-order valence-corrected chi connectivity index (χ4v) is 14.5. The molecule has 0 aromatic heterocycles. The molecule has 0 amide bonds. The van der Waals surface area contributed by atoms with Gasteiger partial charge in [0.05, 0.1) is 46.4 Å². The molecule has 0 aliphatic carbocycles. The Balaban J connectivity index is 0.000000942. The number of para-hydroxylation sites is 1. The van der Waals surface area contributed by atoms with Gasteiger partial charge in [-0.2, -0.15) is 0 Å². The van der Waals surface area contributed by atoms with Gasteiger partial charge in [-0.1, -0.05) is 96.8 Å². The molecule has 0 heterocycles. The average molecular weight is 1020 g/mol. The molecule has 1 nitrogen and oxygen atoms in total. The van der Waals surface area contributed by atoms with Gasteiger partial charge >= 0.3 is 0 Å². The summed E-state index contributed by atoms with van der Waals surface area (Å²) < 4.78 is 266. The summed E-state index contributed by atoms with van der Waals surface area (Å²) in [6.45, 7) is 13.0. The molecule has 1 N–H and O–H groups in total.